The van der Waals surface area contributed by atoms with Crippen LogP contribution >= 0.6 is 0 Å². The van der Waals surface area contributed by atoms with Gasteiger partial charge in [0.05, 0.1) is 5.56 Å². The molecule has 20 heavy (non-hydrogen) atoms. The summed E-state index contributed by atoms with van der Waals surface area (Å²) in [6.45, 7) is 3.01. The summed E-state index contributed by atoms with van der Waals surface area (Å²) in [5.41, 5.74) is 7.83. The number of rotatable bonds is 5. The first-order chi connectivity index (χ1) is 9.74. The Labute approximate surface area is 119 Å². The standard InChI is InChI=1S/C16H19N3O/c1-13-15(9-5-11-18-13)16(20)19(12-6-10-17)14-7-3-2-4-8-14/h2-5,7-9,11H,6,10,12,17H2,1H3. The Morgan fingerprint density at radius 1 is 1.20 bits per heavy atom. The van der Waals surface area contributed by atoms with Crippen molar-refractivity contribution in [2.45, 2.75) is 13.3 Å². The number of anilines is 1. The van der Waals surface area contributed by atoms with Gasteiger partial charge in [-0.05, 0) is 44.2 Å². The summed E-state index contributed by atoms with van der Waals surface area (Å²) in [6.07, 6.45) is 2.46. The van der Waals surface area contributed by atoms with Gasteiger partial charge in [-0.15, -0.1) is 0 Å². The van der Waals surface area contributed by atoms with Gasteiger partial charge in [-0.1, -0.05) is 18.2 Å². The van der Waals surface area contributed by atoms with E-state index in [9.17, 15) is 4.79 Å². The highest BCUT2D eigenvalue weighted by atomic mass is 16.2. The lowest BCUT2D eigenvalue weighted by molar-refractivity contribution is 0.0986. The maximum atomic E-state index is 12.7. The van der Waals surface area contributed by atoms with Crippen molar-refractivity contribution < 1.29 is 4.79 Å². The maximum Gasteiger partial charge on any atom is 0.260 e. The van der Waals surface area contributed by atoms with Gasteiger partial charge >= 0.3 is 0 Å². The van der Waals surface area contributed by atoms with Crippen molar-refractivity contribution in [2.75, 3.05) is 18.0 Å². The predicted molar refractivity (Wildman–Crippen MR) is 80.8 cm³/mol. The van der Waals surface area contributed by atoms with Crippen LogP contribution in [0.15, 0.2) is 48.7 Å². The van der Waals surface area contributed by atoms with Gasteiger partial charge in [-0.25, -0.2) is 0 Å². The van der Waals surface area contributed by atoms with Gasteiger partial charge in [0.15, 0.2) is 0 Å². The number of nitrogens with zero attached hydrogens (tertiary/aromatic N) is 2. The number of nitrogens with two attached hydrogens (primary N) is 1. The van der Waals surface area contributed by atoms with E-state index in [-0.39, 0.29) is 5.91 Å². The number of pyridine rings is 1. The number of benzene rings is 1. The molecule has 2 rings (SSSR count). The zero-order valence-electron chi connectivity index (χ0n) is 11.6. The van der Waals surface area contributed by atoms with E-state index in [0.29, 0.717) is 18.7 Å². The number of aromatic nitrogens is 1. The molecule has 0 spiro atoms. The van der Waals surface area contributed by atoms with E-state index in [4.69, 9.17) is 5.73 Å². The summed E-state index contributed by atoms with van der Waals surface area (Å²) in [5.74, 6) is -0.0322. The van der Waals surface area contributed by atoms with E-state index in [2.05, 4.69) is 4.98 Å². The fraction of sp³-hybridized carbons (Fsp3) is 0.250. The molecule has 4 nitrogen and oxygen atoms in total. The SMILES string of the molecule is Cc1ncccc1C(=O)N(CCCN)c1ccccc1. The summed E-state index contributed by atoms with van der Waals surface area (Å²) in [5, 5.41) is 0. The lowest BCUT2D eigenvalue weighted by Gasteiger charge is -2.23. The minimum Gasteiger partial charge on any atom is -0.330 e. The van der Waals surface area contributed by atoms with Crippen molar-refractivity contribution in [3.63, 3.8) is 0 Å². The average Bonchev–Trinajstić information content (AvgIpc) is 2.49. The first-order valence-corrected chi connectivity index (χ1v) is 6.72. The summed E-state index contributed by atoms with van der Waals surface area (Å²) >= 11 is 0. The Hall–Kier alpha value is -2.20. The van der Waals surface area contributed by atoms with Crippen LogP contribution in [0.2, 0.25) is 0 Å². The van der Waals surface area contributed by atoms with Crippen molar-refractivity contribution in [2.24, 2.45) is 5.73 Å². The number of hydrogen-bond acceptors (Lipinski definition) is 3. The fourth-order valence-electron chi connectivity index (χ4n) is 2.06. The topological polar surface area (TPSA) is 59.2 Å². The molecule has 0 radical (unpaired) electrons. The van der Waals surface area contributed by atoms with Gasteiger partial charge in [0.1, 0.15) is 0 Å². The molecule has 1 aromatic heterocycles. The van der Waals surface area contributed by atoms with Crippen LogP contribution in [0.3, 0.4) is 0 Å². The minimum absolute atomic E-state index is 0.0322. The highest BCUT2D eigenvalue weighted by molar-refractivity contribution is 6.06. The smallest absolute Gasteiger partial charge is 0.260 e. The monoisotopic (exact) mass is 269 g/mol. The first-order valence-electron chi connectivity index (χ1n) is 6.72. The molecule has 2 aromatic rings. The number of aryl methyl sites for hydroxylation is 1. The molecule has 0 saturated carbocycles. The molecule has 0 unspecified atom stereocenters. The highest BCUT2D eigenvalue weighted by Crippen LogP contribution is 2.18. The van der Waals surface area contributed by atoms with E-state index in [0.717, 1.165) is 17.8 Å². The third-order valence-corrected chi connectivity index (χ3v) is 3.14. The maximum absolute atomic E-state index is 12.7. The van der Waals surface area contributed by atoms with Crippen LogP contribution < -0.4 is 10.6 Å². The number of hydrogen-bond donors (Lipinski definition) is 1. The first kappa shape index (κ1) is 14.2. The quantitative estimate of drug-likeness (QED) is 0.906. The van der Waals surface area contributed by atoms with E-state index in [1.54, 1.807) is 17.2 Å². The van der Waals surface area contributed by atoms with Crippen LogP contribution in [0.25, 0.3) is 0 Å². The van der Waals surface area contributed by atoms with Gasteiger partial charge in [0.25, 0.3) is 5.91 Å². The van der Waals surface area contributed by atoms with Crippen LogP contribution in [0.1, 0.15) is 22.5 Å². The lowest BCUT2D eigenvalue weighted by Crippen LogP contribution is -2.33. The zero-order valence-corrected chi connectivity index (χ0v) is 11.6. The molecule has 0 atom stereocenters. The summed E-state index contributed by atoms with van der Waals surface area (Å²) in [6, 6.07) is 13.2. The third-order valence-electron chi connectivity index (χ3n) is 3.14. The van der Waals surface area contributed by atoms with Gasteiger partial charge in [0, 0.05) is 24.1 Å². The molecule has 1 heterocycles. The van der Waals surface area contributed by atoms with Gasteiger partial charge in [-0.3, -0.25) is 9.78 Å². The van der Waals surface area contributed by atoms with Crippen molar-refractivity contribution in [3.8, 4) is 0 Å². The van der Waals surface area contributed by atoms with Crippen LogP contribution in [0, 0.1) is 6.92 Å². The largest absolute Gasteiger partial charge is 0.330 e. The molecular weight excluding hydrogens is 250 g/mol. The van der Waals surface area contributed by atoms with Crippen LogP contribution in [0.4, 0.5) is 5.69 Å². The Balaban J connectivity index is 2.32. The molecule has 0 fully saturated rings. The number of carbonyl (C=O) groups is 1. The average molecular weight is 269 g/mol. The molecule has 2 N–H and O–H groups in total. The van der Waals surface area contributed by atoms with E-state index in [1.807, 2.05) is 43.3 Å². The second-order valence-electron chi connectivity index (χ2n) is 4.57. The molecule has 4 heteroatoms. The zero-order chi connectivity index (χ0) is 14.4. The number of carbonyl (C=O) groups excluding carboxylic acids is 1. The number of para-hydroxylation sites is 1. The second kappa shape index (κ2) is 6.82. The van der Waals surface area contributed by atoms with E-state index < -0.39 is 0 Å². The predicted octanol–water partition coefficient (Wildman–Crippen LogP) is 2.39. The molecule has 0 aliphatic carbocycles. The van der Waals surface area contributed by atoms with Crippen molar-refractivity contribution in [1.82, 2.24) is 4.98 Å². The molecule has 0 aliphatic heterocycles. The molecule has 0 saturated heterocycles. The third kappa shape index (κ3) is 3.22. The van der Waals surface area contributed by atoms with Crippen molar-refractivity contribution in [1.29, 1.82) is 0 Å². The molecular formula is C16H19N3O. The Morgan fingerprint density at radius 3 is 2.60 bits per heavy atom. The summed E-state index contributed by atoms with van der Waals surface area (Å²) < 4.78 is 0. The molecule has 1 aromatic carbocycles. The second-order valence-corrected chi connectivity index (χ2v) is 4.57. The minimum atomic E-state index is -0.0322. The van der Waals surface area contributed by atoms with E-state index >= 15 is 0 Å². The van der Waals surface area contributed by atoms with Crippen molar-refractivity contribution >= 4 is 11.6 Å². The Morgan fingerprint density at radius 2 is 1.95 bits per heavy atom. The van der Waals surface area contributed by atoms with Gasteiger partial charge in [-0.2, -0.15) is 0 Å². The molecule has 0 aliphatic rings. The van der Waals surface area contributed by atoms with Gasteiger partial charge in [0.2, 0.25) is 0 Å². The molecule has 104 valence electrons. The normalized spacial score (nSPS) is 10.3. The highest BCUT2D eigenvalue weighted by Gasteiger charge is 2.18. The van der Waals surface area contributed by atoms with Gasteiger partial charge < -0.3 is 10.6 Å². The fourth-order valence-corrected chi connectivity index (χ4v) is 2.06. The lowest BCUT2D eigenvalue weighted by atomic mass is 10.1. The van der Waals surface area contributed by atoms with Crippen LogP contribution in [-0.2, 0) is 0 Å². The van der Waals surface area contributed by atoms with Crippen LogP contribution in [-0.4, -0.2) is 24.0 Å². The Bertz CT molecular complexity index is 569. The molecule has 1 amide bonds. The van der Waals surface area contributed by atoms with Crippen LogP contribution in [0.5, 0.6) is 0 Å². The van der Waals surface area contributed by atoms with Crippen molar-refractivity contribution in [3.05, 3.63) is 59.9 Å². The summed E-state index contributed by atoms with van der Waals surface area (Å²) in [4.78, 5) is 18.7. The molecule has 0 bridgehead atoms. The Kier molecular flexibility index (Phi) is 4.85. The summed E-state index contributed by atoms with van der Waals surface area (Å²) in [7, 11) is 0. The van der Waals surface area contributed by atoms with E-state index in [1.165, 1.54) is 0 Å². The number of amides is 1.